The van der Waals surface area contributed by atoms with Gasteiger partial charge in [-0.05, 0) is 0 Å². The Balaban J connectivity index is 0. The lowest BCUT2D eigenvalue weighted by molar-refractivity contribution is 0.277. The highest BCUT2D eigenvalue weighted by molar-refractivity contribution is 7.51. The Kier molecular flexibility index (Phi) is 33.2. The van der Waals surface area contributed by atoms with Crippen molar-refractivity contribution in [1.82, 2.24) is 0 Å². The summed E-state index contributed by atoms with van der Waals surface area (Å²) in [6.07, 6.45) is 0. The summed E-state index contributed by atoms with van der Waals surface area (Å²) in [6, 6.07) is 0. The maximum absolute atomic E-state index is 8.29. The van der Waals surface area contributed by atoms with Gasteiger partial charge in [0, 0.05) is 14.2 Å². The van der Waals surface area contributed by atoms with Crippen LogP contribution in [0.1, 0.15) is 0 Å². The highest BCUT2D eigenvalue weighted by Crippen LogP contribution is 1.28. The van der Waals surface area contributed by atoms with Gasteiger partial charge < -0.3 is 4.74 Å². The molecule has 38 valence electrons. The molecular formula is C2H6O3S. The quantitative estimate of drug-likeness (QED) is 0.426. The minimum atomic E-state index is -0.750. The minimum Gasteiger partial charge on any atom is -0.388 e. The van der Waals surface area contributed by atoms with Crippen molar-refractivity contribution in [3.05, 3.63) is 0 Å². The lowest BCUT2D eigenvalue weighted by Crippen LogP contribution is -1.55. The maximum atomic E-state index is 8.29. The van der Waals surface area contributed by atoms with Crippen LogP contribution in [0, 0.1) is 0 Å². The fourth-order valence-corrected chi connectivity index (χ4v) is 0. The summed E-state index contributed by atoms with van der Waals surface area (Å²) in [5.74, 6) is 0. The van der Waals surface area contributed by atoms with Gasteiger partial charge in [-0.2, -0.15) is 8.42 Å². The van der Waals surface area contributed by atoms with Crippen molar-refractivity contribution < 1.29 is 13.2 Å². The maximum Gasteiger partial charge on any atom is 0.335 e. The van der Waals surface area contributed by atoms with Gasteiger partial charge in [0.25, 0.3) is 0 Å². The Morgan fingerprint density at radius 1 is 1.33 bits per heavy atom. The average molecular weight is 110 g/mol. The lowest BCUT2D eigenvalue weighted by atomic mass is 11.6. The highest BCUT2D eigenvalue weighted by atomic mass is 32.1. The van der Waals surface area contributed by atoms with E-state index in [2.05, 4.69) is 4.74 Å². The van der Waals surface area contributed by atoms with Crippen molar-refractivity contribution in [3.8, 4) is 0 Å². The Morgan fingerprint density at radius 2 is 1.33 bits per heavy atom. The summed E-state index contributed by atoms with van der Waals surface area (Å²) in [5.41, 5.74) is 0. The van der Waals surface area contributed by atoms with Crippen LogP contribution in [0.5, 0.6) is 0 Å². The van der Waals surface area contributed by atoms with Crippen LogP contribution in [0.4, 0.5) is 0 Å². The minimum absolute atomic E-state index is 0.750. The van der Waals surface area contributed by atoms with Gasteiger partial charge >= 0.3 is 11.6 Å². The Hall–Kier alpha value is -0.220. The summed E-state index contributed by atoms with van der Waals surface area (Å²) in [4.78, 5) is 0. The fraction of sp³-hybridized carbons (Fsp3) is 1.00. The summed E-state index contributed by atoms with van der Waals surface area (Å²) in [5, 5.41) is 0. The van der Waals surface area contributed by atoms with Crippen molar-refractivity contribution in [2.45, 2.75) is 0 Å². The van der Waals surface area contributed by atoms with Crippen LogP contribution < -0.4 is 0 Å². The first-order chi connectivity index (χ1) is 2.83. The molecule has 0 aromatic rings. The van der Waals surface area contributed by atoms with Crippen LogP contribution in [-0.2, 0) is 16.3 Å². The molecule has 0 bridgehead atoms. The SMILES string of the molecule is COC.O=S=O. The first-order valence-corrected chi connectivity index (χ1v) is 1.82. The summed E-state index contributed by atoms with van der Waals surface area (Å²) >= 11 is -0.750. The zero-order valence-electron chi connectivity index (χ0n) is 3.63. The largest absolute Gasteiger partial charge is 0.388 e. The average Bonchev–Trinajstić information content (AvgIpc) is 1.39. The summed E-state index contributed by atoms with van der Waals surface area (Å²) in [7, 11) is 3.25. The molecule has 0 atom stereocenters. The molecule has 0 saturated carbocycles. The molecule has 0 heterocycles. The molecule has 0 radical (unpaired) electrons. The van der Waals surface area contributed by atoms with Gasteiger partial charge in [0.1, 0.15) is 0 Å². The van der Waals surface area contributed by atoms with E-state index in [1.54, 1.807) is 14.2 Å². The van der Waals surface area contributed by atoms with Crippen LogP contribution in [0.25, 0.3) is 0 Å². The molecule has 0 amide bonds. The molecular weight excluding hydrogens is 104 g/mol. The summed E-state index contributed by atoms with van der Waals surface area (Å²) in [6.45, 7) is 0. The van der Waals surface area contributed by atoms with Crippen molar-refractivity contribution in [3.63, 3.8) is 0 Å². The van der Waals surface area contributed by atoms with E-state index in [-0.39, 0.29) is 0 Å². The molecule has 0 fully saturated rings. The van der Waals surface area contributed by atoms with Crippen LogP contribution >= 0.6 is 0 Å². The van der Waals surface area contributed by atoms with E-state index < -0.39 is 11.6 Å². The van der Waals surface area contributed by atoms with Crippen molar-refractivity contribution >= 4 is 11.6 Å². The monoisotopic (exact) mass is 110 g/mol. The van der Waals surface area contributed by atoms with Crippen molar-refractivity contribution in [2.24, 2.45) is 0 Å². The van der Waals surface area contributed by atoms with Gasteiger partial charge in [-0.25, -0.2) is 0 Å². The molecule has 0 unspecified atom stereocenters. The van der Waals surface area contributed by atoms with Crippen molar-refractivity contribution in [2.75, 3.05) is 14.2 Å². The molecule has 0 aliphatic carbocycles. The third-order valence-electron chi connectivity index (χ3n) is 0. The van der Waals surface area contributed by atoms with E-state index in [1.165, 1.54) is 0 Å². The van der Waals surface area contributed by atoms with Crippen molar-refractivity contribution in [1.29, 1.82) is 0 Å². The second-order valence-corrected chi connectivity index (χ2v) is 0.612. The van der Waals surface area contributed by atoms with Crippen LogP contribution in [0.15, 0.2) is 0 Å². The number of hydrogen-bond acceptors (Lipinski definition) is 3. The third-order valence-corrected chi connectivity index (χ3v) is 0. The van der Waals surface area contributed by atoms with Crippen LogP contribution in [0.2, 0.25) is 0 Å². The van der Waals surface area contributed by atoms with E-state index in [9.17, 15) is 0 Å². The molecule has 4 heteroatoms. The number of ether oxygens (including phenoxy) is 1. The Labute approximate surface area is 39.9 Å². The molecule has 3 nitrogen and oxygen atoms in total. The molecule has 0 aromatic heterocycles. The van der Waals surface area contributed by atoms with E-state index in [0.29, 0.717) is 0 Å². The number of hydrogen-bond donors (Lipinski definition) is 0. The fourth-order valence-electron chi connectivity index (χ4n) is 0. The standard InChI is InChI=1S/C2H6O.O2S/c2*1-3-2/h1-2H3;. The second kappa shape index (κ2) is 21.6. The van der Waals surface area contributed by atoms with Gasteiger partial charge in [-0.15, -0.1) is 0 Å². The first-order valence-electron chi connectivity index (χ1n) is 1.15. The topological polar surface area (TPSA) is 43.4 Å². The van der Waals surface area contributed by atoms with Gasteiger partial charge in [-0.3, -0.25) is 0 Å². The van der Waals surface area contributed by atoms with Gasteiger partial charge in [0.05, 0.1) is 0 Å². The van der Waals surface area contributed by atoms with E-state index in [4.69, 9.17) is 8.42 Å². The second-order valence-electron chi connectivity index (χ2n) is 0.476. The summed E-state index contributed by atoms with van der Waals surface area (Å²) < 4.78 is 20.8. The normalized spacial score (nSPS) is 5.00. The lowest BCUT2D eigenvalue weighted by Gasteiger charge is -1.61. The predicted molar refractivity (Wildman–Crippen MR) is 21.9 cm³/mol. The molecule has 0 aliphatic rings. The van der Waals surface area contributed by atoms with Gasteiger partial charge in [0.2, 0.25) is 0 Å². The highest BCUT2D eigenvalue weighted by Gasteiger charge is 1.25. The van der Waals surface area contributed by atoms with E-state index in [0.717, 1.165) is 0 Å². The number of rotatable bonds is 0. The molecule has 0 rings (SSSR count). The molecule has 0 aliphatic heterocycles. The molecule has 0 saturated heterocycles. The molecule has 0 spiro atoms. The Morgan fingerprint density at radius 3 is 1.33 bits per heavy atom. The van der Waals surface area contributed by atoms with Gasteiger partial charge in [0.15, 0.2) is 0 Å². The zero-order chi connectivity index (χ0) is 5.41. The van der Waals surface area contributed by atoms with E-state index in [1.807, 2.05) is 0 Å². The molecule has 6 heavy (non-hydrogen) atoms. The van der Waals surface area contributed by atoms with Gasteiger partial charge in [-0.1, -0.05) is 0 Å². The van der Waals surface area contributed by atoms with Crippen LogP contribution in [-0.4, -0.2) is 22.6 Å². The first kappa shape index (κ1) is 9.24. The predicted octanol–water partition coefficient (Wildman–Crippen LogP) is -0.408. The molecule has 0 N–H and O–H groups in total. The third kappa shape index (κ3) is 604. The zero-order valence-corrected chi connectivity index (χ0v) is 4.45. The molecule has 0 aromatic carbocycles. The van der Waals surface area contributed by atoms with E-state index >= 15 is 0 Å². The van der Waals surface area contributed by atoms with Crippen LogP contribution in [0.3, 0.4) is 0 Å². The Bertz CT molecular complexity index is 38.1. The number of methoxy groups -OCH3 is 1. The smallest absolute Gasteiger partial charge is 0.335 e.